The lowest BCUT2D eigenvalue weighted by Crippen LogP contribution is -2.33. The van der Waals surface area contributed by atoms with Gasteiger partial charge in [-0.25, -0.2) is 4.79 Å². The van der Waals surface area contributed by atoms with Crippen LogP contribution in [0.2, 0.25) is 5.02 Å². The summed E-state index contributed by atoms with van der Waals surface area (Å²) in [7, 11) is 0. The summed E-state index contributed by atoms with van der Waals surface area (Å²) in [5.41, 5.74) is 7.04. The molecule has 1 aliphatic rings. The first-order valence-electron chi connectivity index (χ1n) is 12.0. The van der Waals surface area contributed by atoms with Crippen LogP contribution in [0.15, 0.2) is 48.5 Å². The van der Waals surface area contributed by atoms with Crippen LogP contribution < -0.4 is 0 Å². The molecule has 2 aromatic carbocycles. The van der Waals surface area contributed by atoms with Crippen LogP contribution in [0.4, 0.5) is 0 Å². The minimum atomic E-state index is -1.12. The molecule has 1 aliphatic heterocycles. The highest BCUT2D eigenvalue weighted by atomic mass is 35.5. The molecule has 1 atom stereocenters. The molecule has 3 aromatic rings. The average molecular weight is 493 g/mol. The number of aliphatic carboxylic acids is 1. The van der Waals surface area contributed by atoms with Crippen molar-refractivity contribution in [2.24, 2.45) is 0 Å². The minimum absolute atomic E-state index is 0.630. The number of carbonyl (C=O) groups is 1. The molecule has 0 radical (unpaired) electrons. The Morgan fingerprint density at radius 3 is 2.51 bits per heavy atom. The molecule has 1 N–H and O–H groups in total. The number of fused-ring (bicyclic) bond motifs is 1. The highest BCUT2D eigenvalue weighted by Gasteiger charge is 2.34. The second-order valence-corrected chi connectivity index (χ2v) is 10.8. The third kappa shape index (κ3) is 5.92. The fraction of sp³-hybridized carbons (Fsp3) is 0.379. The van der Waals surface area contributed by atoms with Gasteiger partial charge in [-0.15, -0.1) is 0 Å². The number of nitrogens with zero attached hydrogens (tertiary/aromatic N) is 2. The van der Waals surface area contributed by atoms with Crippen molar-refractivity contribution in [1.29, 1.82) is 0 Å². The summed E-state index contributed by atoms with van der Waals surface area (Å²) in [6, 6.07) is 16.2. The van der Waals surface area contributed by atoms with E-state index in [0.29, 0.717) is 17.8 Å². The molecule has 0 fully saturated rings. The quantitative estimate of drug-likeness (QED) is 0.424. The van der Waals surface area contributed by atoms with Crippen molar-refractivity contribution in [3.63, 3.8) is 0 Å². The summed E-state index contributed by atoms with van der Waals surface area (Å²) in [5, 5.41) is 11.0. The summed E-state index contributed by atoms with van der Waals surface area (Å²) < 4.78 is 6.11. The van der Waals surface area contributed by atoms with Crippen LogP contribution in [-0.2, 0) is 29.0 Å². The lowest BCUT2D eigenvalue weighted by Gasteiger charge is -2.33. The predicted molar refractivity (Wildman–Crippen MR) is 140 cm³/mol. The molecule has 0 aliphatic carbocycles. The van der Waals surface area contributed by atoms with Crippen molar-refractivity contribution in [2.75, 3.05) is 6.54 Å². The van der Waals surface area contributed by atoms with E-state index in [1.54, 1.807) is 0 Å². The lowest BCUT2D eigenvalue weighted by atomic mass is 9.87. The van der Waals surface area contributed by atoms with Crippen molar-refractivity contribution in [3.05, 3.63) is 87.2 Å². The molecule has 0 bridgehead atoms. The van der Waals surface area contributed by atoms with Crippen LogP contribution in [0.5, 0.6) is 0 Å². The number of aromatic nitrogens is 1. The minimum Gasteiger partial charge on any atom is -0.479 e. The van der Waals surface area contributed by atoms with Crippen LogP contribution >= 0.6 is 11.6 Å². The Hall–Kier alpha value is -2.73. The molecule has 35 heavy (non-hydrogen) atoms. The molecule has 5 nitrogen and oxygen atoms in total. The number of hydrogen-bond acceptors (Lipinski definition) is 4. The standard InChI is InChI=1S/C29H33ClN2O3/c1-18-9-11-21(12-10-18)26-23-17-32(16-20-7-6-8-22(30)15-20)14-13-24(23)31-19(2)25(26)27(28(33)34)35-29(3,4)5/h6-12,15,27H,13-14,16-17H2,1-5H3,(H,33,34)/t27-/m0/s1. The third-order valence-electron chi connectivity index (χ3n) is 6.25. The van der Waals surface area contributed by atoms with Gasteiger partial charge in [0.1, 0.15) is 0 Å². The first kappa shape index (κ1) is 25.4. The van der Waals surface area contributed by atoms with Gasteiger partial charge in [-0.05, 0) is 69.0 Å². The lowest BCUT2D eigenvalue weighted by molar-refractivity contribution is -0.160. The Morgan fingerprint density at radius 1 is 1.17 bits per heavy atom. The molecule has 0 amide bonds. The van der Waals surface area contributed by atoms with Gasteiger partial charge >= 0.3 is 5.97 Å². The summed E-state index contributed by atoms with van der Waals surface area (Å²) in [6.07, 6.45) is -0.319. The summed E-state index contributed by atoms with van der Waals surface area (Å²) in [6.45, 7) is 11.9. The van der Waals surface area contributed by atoms with E-state index in [1.165, 1.54) is 0 Å². The molecule has 4 rings (SSSR count). The third-order valence-corrected chi connectivity index (χ3v) is 6.49. The zero-order valence-corrected chi connectivity index (χ0v) is 21.8. The van der Waals surface area contributed by atoms with Crippen molar-refractivity contribution in [3.8, 4) is 11.1 Å². The number of carboxylic acid groups (broad SMARTS) is 1. The van der Waals surface area contributed by atoms with Crippen molar-refractivity contribution < 1.29 is 14.6 Å². The fourth-order valence-corrected chi connectivity index (χ4v) is 4.96. The van der Waals surface area contributed by atoms with E-state index < -0.39 is 17.7 Å². The number of carboxylic acids is 1. The largest absolute Gasteiger partial charge is 0.479 e. The van der Waals surface area contributed by atoms with Gasteiger partial charge in [0.15, 0.2) is 6.10 Å². The van der Waals surface area contributed by atoms with Gasteiger partial charge in [0, 0.05) is 48.0 Å². The molecular weight excluding hydrogens is 460 g/mol. The molecule has 0 spiro atoms. The number of hydrogen-bond donors (Lipinski definition) is 1. The van der Waals surface area contributed by atoms with Gasteiger partial charge in [0.2, 0.25) is 0 Å². The van der Waals surface area contributed by atoms with E-state index in [2.05, 4.69) is 35.2 Å². The number of halogens is 1. The maximum atomic E-state index is 12.5. The molecular formula is C29H33ClN2O3. The number of pyridine rings is 1. The van der Waals surface area contributed by atoms with Gasteiger partial charge in [0.25, 0.3) is 0 Å². The number of rotatable bonds is 6. The van der Waals surface area contributed by atoms with Crippen molar-refractivity contribution in [1.82, 2.24) is 9.88 Å². The molecule has 0 saturated heterocycles. The second-order valence-electron chi connectivity index (χ2n) is 10.3. The van der Waals surface area contributed by atoms with Crippen LogP contribution in [0, 0.1) is 13.8 Å². The summed E-state index contributed by atoms with van der Waals surface area (Å²) in [5.74, 6) is -1.01. The van der Waals surface area contributed by atoms with Crippen molar-refractivity contribution in [2.45, 2.75) is 65.8 Å². The molecule has 0 unspecified atom stereocenters. The van der Waals surface area contributed by atoms with Crippen LogP contribution in [0.25, 0.3) is 11.1 Å². The van der Waals surface area contributed by atoms with E-state index in [9.17, 15) is 9.90 Å². The van der Waals surface area contributed by atoms with E-state index >= 15 is 0 Å². The van der Waals surface area contributed by atoms with Gasteiger partial charge in [-0.3, -0.25) is 9.88 Å². The summed E-state index contributed by atoms with van der Waals surface area (Å²) >= 11 is 6.22. The Kier molecular flexibility index (Phi) is 7.32. The number of ether oxygens (including phenoxy) is 1. The van der Waals surface area contributed by atoms with Gasteiger partial charge in [-0.2, -0.15) is 0 Å². The molecule has 6 heteroatoms. The van der Waals surface area contributed by atoms with E-state index in [0.717, 1.165) is 58.0 Å². The molecule has 2 heterocycles. The maximum Gasteiger partial charge on any atom is 0.337 e. The van der Waals surface area contributed by atoms with Crippen molar-refractivity contribution >= 4 is 17.6 Å². The zero-order chi connectivity index (χ0) is 25.3. The molecule has 184 valence electrons. The highest BCUT2D eigenvalue weighted by Crippen LogP contribution is 2.40. The smallest absolute Gasteiger partial charge is 0.337 e. The first-order valence-corrected chi connectivity index (χ1v) is 12.4. The second kappa shape index (κ2) is 10.1. The Balaban J connectivity index is 1.85. The number of aryl methyl sites for hydroxylation is 2. The topological polar surface area (TPSA) is 62.7 Å². The SMILES string of the molecule is Cc1ccc(-c2c3c(nc(C)c2[C@H](OC(C)(C)C)C(=O)O)CCN(Cc2cccc(Cl)c2)C3)cc1. The maximum absolute atomic E-state index is 12.5. The van der Waals surface area contributed by atoms with Gasteiger partial charge in [0.05, 0.1) is 5.60 Å². The predicted octanol–water partition coefficient (Wildman–Crippen LogP) is 6.52. The Bertz CT molecular complexity index is 1230. The molecule has 1 aromatic heterocycles. The van der Waals surface area contributed by atoms with Crippen LogP contribution in [0.1, 0.15) is 60.5 Å². The normalized spacial score (nSPS) is 15.0. The van der Waals surface area contributed by atoms with Crippen LogP contribution in [-0.4, -0.2) is 33.1 Å². The summed E-state index contributed by atoms with van der Waals surface area (Å²) in [4.78, 5) is 19.8. The molecule has 0 saturated carbocycles. The average Bonchev–Trinajstić information content (AvgIpc) is 2.77. The highest BCUT2D eigenvalue weighted by molar-refractivity contribution is 6.30. The Morgan fingerprint density at radius 2 is 1.89 bits per heavy atom. The Labute approximate surface area is 212 Å². The first-order chi connectivity index (χ1) is 16.5. The van der Waals surface area contributed by atoms with Gasteiger partial charge < -0.3 is 9.84 Å². The zero-order valence-electron chi connectivity index (χ0n) is 21.1. The van der Waals surface area contributed by atoms with E-state index in [-0.39, 0.29) is 0 Å². The van der Waals surface area contributed by atoms with E-state index in [4.69, 9.17) is 21.3 Å². The van der Waals surface area contributed by atoms with Gasteiger partial charge in [-0.1, -0.05) is 53.6 Å². The number of benzene rings is 2. The van der Waals surface area contributed by atoms with E-state index in [1.807, 2.05) is 52.8 Å². The van der Waals surface area contributed by atoms with Crippen LogP contribution in [0.3, 0.4) is 0 Å². The fourth-order valence-electron chi connectivity index (χ4n) is 4.75. The monoisotopic (exact) mass is 492 g/mol.